The Morgan fingerprint density at radius 1 is 1.62 bits per heavy atom. The number of carbonyl (C=O) groups excluding carboxylic acids is 1. The smallest absolute Gasteiger partial charge is 0.240 e. The van der Waals surface area contributed by atoms with Gasteiger partial charge in [0.2, 0.25) is 5.91 Å². The third kappa shape index (κ3) is 1.87. The second-order valence-corrected chi connectivity index (χ2v) is 3.93. The standard InChI is InChI=1S/C11H12N4O/c12-7-11(3-1-4-11)10(16)14-6-9-2-5-13-8-15-9/h2,5,8H,1,3-4,6H2,(H,14,16). The van der Waals surface area contributed by atoms with Gasteiger partial charge in [-0.25, -0.2) is 9.97 Å². The van der Waals surface area contributed by atoms with Crippen LogP contribution >= 0.6 is 0 Å². The minimum atomic E-state index is -0.785. The van der Waals surface area contributed by atoms with E-state index in [0.29, 0.717) is 19.4 Å². The van der Waals surface area contributed by atoms with E-state index in [-0.39, 0.29) is 5.91 Å². The number of hydrogen-bond donors (Lipinski definition) is 1. The third-order valence-corrected chi connectivity index (χ3v) is 2.93. The van der Waals surface area contributed by atoms with E-state index in [4.69, 9.17) is 5.26 Å². The first-order valence-electron chi connectivity index (χ1n) is 5.21. The molecule has 1 N–H and O–H groups in total. The summed E-state index contributed by atoms with van der Waals surface area (Å²) in [5, 5.41) is 11.7. The number of nitrogens with zero attached hydrogens (tertiary/aromatic N) is 3. The van der Waals surface area contributed by atoms with Crippen molar-refractivity contribution < 1.29 is 4.79 Å². The first-order chi connectivity index (χ1) is 7.77. The average Bonchev–Trinajstić information content (AvgIpc) is 2.27. The van der Waals surface area contributed by atoms with E-state index >= 15 is 0 Å². The first-order valence-corrected chi connectivity index (χ1v) is 5.21. The summed E-state index contributed by atoms with van der Waals surface area (Å²) in [6.45, 7) is 0.352. The van der Waals surface area contributed by atoms with E-state index in [1.54, 1.807) is 12.3 Å². The van der Waals surface area contributed by atoms with Gasteiger partial charge in [-0.15, -0.1) is 0 Å². The molecule has 1 heterocycles. The topological polar surface area (TPSA) is 78.7 Å². The molecular formula is C11H12N4O. The van der Waals surface area contributed by atoms with Crippen molar-refractivity contribution in [2.24, 2.45) is 5.41 Å². The van der Waals surface area contributed by atoms with E-state index in [1.165, 1.54) is 6.33 Å². The monoisotopic (exact) mass is 216 g/mol. The highest BCUT2D eigenvalue weighted by Crippen LogP contribution is 2.40. The quantitative estimate of drug-likeness (QED) is 0.810. The Kier molecular flexibility index (Phi) is 2.82. The normalized spacial score (nSPS) is 16.9. The van der Waals surface area contributed by atoms with E-state index in [2.05, 4.69) is 21.4 Å². The van der Waals surface area contributed by atoms with Gasteiger partial charge in [0.1, 0.15) is 11.7 Å². The van der Waals surface area contributed by atoms with Crippen LogP contribution in [-0.2, 0) is 11.3 Å². The molecule has 0 radical (unpaired) electrons. The van der Waals surface area contributed by atoms with Gasteiger partial charge in [0.15, 0.2) is 0 Å². The Labute approximate surface area is 93.5 Å². The molecule has 82 valence electrons. The maximum atomic E-state index is 11.8. The maximum absolute atomic E-state index is 11.8. The van der Waals surface area contributed by atoms with Gasteiger partial charge < -0.3 is 5.32 Å². The zero-order chi connectivity index (χ0) is 11.4. The third-order valence-electron chi connectivity index (χ3n) is 2.93. The van der Waals surface area contributed by atoms with Crippen LogP contribution < -0.4 is 5.32 Å². The van der Waals surface area contributed by atoms with E-state index < -0.39 is 5.41 Å². The second kappa shape index (κ2) is 4.27. The fourth-order valence-corrected chi connectivity index (χ4v) is 1.68. The molecule has 1 fully saturated rings. The summed E-state index contributed by atoms with van der Waals surface area (Å²) in [7, 11) is 0. The van der Waals surface area contributed by atoms with Gasteiger partial charge in [-0.1, -0.05) is 0 Å². The van der Waals surface area contributed by atoms with Crippen molar-refractivity contribution in [1.82, 2.24) is 15.3 Å². The number of aromatic nitrogens is 2. The highest BCUT2D eigenvalue weighted by atomic mass is 16.2. The number of nitrogens with one attached hydrogen (secondary N) is 1. The molecule has 0 bridgehead atoms. The summed E-state index contributed by atoms with van der Waals surface area (Å²) in [5.41, 5.74) is -0.0386. The Morgan fingerprint density at radius 3 is 2.94 bits per heavy atom. The molecule has 0 saturated heterocycles. The van der Waals surface area contributed by atoms with Gasteiger partial charge in [0.25, 0.3) is 0 Å². The predicted octanol–water partition coefficient (Wildman–Crippen LogP) is 0.787. The highest BCUT2D eigenvalue weighted by molar-refractivity contribution is 5.86. The Morgan fingerprint density at radius 2 is 2.44 bits per heavy atom. The Hall–Kier alpha value is -1.96. The summed E-state index contributed by atoms with van der Waals surface area (Å²) in [5.74, 6) is -0.181. The molecular weight excluding hydrogens is 204 g/mol. The molecule has 0 unspecified atom stereocenters. The van der Waals surface area contributed by atoms with Crippen molar-refractivity contribution in [2.45, 2.75) is 25.8 Å². The van der Waals surface area contributed by atoms with Gasteiger partial charge in [0, 0.05) is 6.20 Å². The minimum absolute atomic E-state index is 0.181. The van der Waals surface area contributed by atoms with Crippen LogP contribution in [0, 0.1) is 16.7 Å². The van der Waals surface area contributed by atoms with Crippen LogP contribution in [0.4, 0.5) is 0 Å². The lowest BCUT2D eigenvalue weighted by atomic mass is 9.69. The zero-order valence-corrected chi connectivity index (χ0v) is 8.81. The molecule has 0 aliphatic heterocycles. The van der Waals surface area contributed by atoms with Crippen LogP contribution in [0.5, 0.6) is 0 Å². The Balaban J connectivity index is 1.92. The largest absolute Gasteiger partial charge is 0.349 e. The van der Waals surface area contributed by atoms with Gasteiger partial charge in [-0.3, -0.25) is 4.79 Å². The van der Waals surface area contributed by atoms with Crippen LogP contribution in [0.15, 0.2) is 18.6 Å². The zero-order valence-electron chi connectivity index (χ0n) is 8.81. The predicted molar refractivity (Wildman–Crippen MR) is 55.8 cm³/mol. The van der Waals surface area contributed by atoms with Gasteiger partial charge >= 0.3 is 0 Å². The number of hydrogen-bond acceptors (Lipinski definition) is 4. The van der Waals surface area contributed by atoms with Gasteiger partial charge in [-0.2, -0.15) is 5.26 Å². The molecule has 5 heteroatoms. The molecule has 1 aliphatic rings. The average molecular weight is 216 g/mol. The van der Waals surface area contributed by atoms with E-state index in [1.807, 2.05) is 0 Å². The van der Waals surface area contributed by atoms with Gasteiger partial charge in [0.05, 0.1) is 18.3 Å². The van der Waals surface area contributed by atoms with Gasteiger partial charge in [-0.05, 0) is 25.3 Å². The lowest BCUT2D eigenvalue weighted by molar-refractivity contribution is -0.131. The molecule has 1 saturated carbocycles. The molecule has 2 rings (SSSR count). The van der Waals surface area contributed by atoms with E-state index in [0.717, 1.165) is 12.1 Å². The molecule has 16 heavy (non-hydrogen) atoms. The number of carbonyl (C=O) groups is 1. The first kappa shape index (κ1) is 10.6. The number of nitriles is 1. The van der Waals surface area contributed by atoms with Crippen molar-refractivity contribution in [2.75, 3.05) is 0 Å². The summed E-state index contributed by atoms with van der Waals surface area (Å²) < 4.78 is 0. The Bertz CT molecular complexity index is 419. The van der Waals surface area contributed by atoms with Crippen molar-refractivity contribution >= 4 is 5.91 Å². The second-order valence-electron chi connectivity index (χ2n) is 3.93. The van der Waals surface area contributed by atoms with Crippen LogP contribution in [0.3, 0.4) is 0 Å². The molecule has 0 atom stereocenters. The van der Waals surface area contributed by atoms with Crippen molar-refractivity contribution in [3.8, 4) is 6.07 Å². The molecule has 1 aromatic rings. The SMILES string of the molecule is N#CC1(C(=O)NCc2ccncn2)CCC1. The molecule has 1 aliphatic carbocycles. The fraction of sp³-hybridized carbons (Fsp3) is 0.455. The van der Waals surface area contributed by atoms with E-state index in [9.17, 15) is 4.79 Å². The summed E-state index contributed by atoms with van der Waals surface area (Å²) in [6, 6.07) is 3.84. The summed E-state index contributed by atoms with van der Waals surface area (Å²) in [4.78, 5) is 19.6. The molecule has 0 spiro atoms. The summed E-state index contributed by atoms with van der Waals surface area (Å²) in [6.07, 6.45) is 5.34. The molecule has 1 amide bonds. The molecule has 5 nitrogen and oxygen atoms in total. The van der Waals surface area contributed by atoms with Crippen molar-refractivity contribution in [3.05, 3.63) is 24.3 Å². The lowest BCUT2D eigenvalue weighted by Gasteiger charge is -2.33. The highest BCUT2D eigenvalue weighted by Gasteiger charge is 2.44. The van der Waals surface area contributed by atoms with Crippen LogP contribution in [-0.4, -0.2) is 15.9 Å². The molecule has 1 aromatic heterocycles. The van der Waals surface area contributed by atoms with Crippen molar-refractivity contribution in [3.63, 3.8) is 0 Å². The van der Waals surface area contributed by atoms with Crippen molar-refractivity contribution in [1.29, 1.82) is 5.26 Å². The summed E-state index contributed by atoms with van der Waals surface area (Å²) >= 11 is 0. The number of amides is 1. The lowest BCUT2D eigenvalue weighted by Crippen LogP contribution is -2.44. The fourth-order valence-electron chi connectivity index (χ4n) is 1.68. The maximum Gasteiger partial charge on any atom is 0.240 e. The van der Waals surface area contributed by atoms with Crippen LogP contribution in [0.2, 0.25) is 0 Å². The van der Waals surface area contributed by atoms with Crippen LogP contribution in [0.1, 0.15) is 25.0 Å². The minimum Gasteiger partial charge on any atom is -0.349 e. The number of rotatable bonds is 3. The van der Waals surface area contributed by atoms with Crippen LogP contribution in [0.25, 0.3) is 0 Å². The molecule has 0 aromatic carbocycles.